The van der Waals surface area contributed by atoms with Gasteiger partial charge in [-0.05, 0) is 6.42 Å². The highest BCUT2D eigenvalue weighted by Crippen LogP contribution is 2.10. The van der Waals surface area contributed by atoms with Crippen LogP contribution in [0.25, 0.3) is 0 Å². The van der Waals surface area contributed by atoms with Crippen molar-refractivity contribution in [2.75, 3.05) is 13.2 Å². The van der Waals surface area contributed by atoms with Gasteiger partial charge in [-0.25, -0.2) is 5.90 Å². The fourth-order valence-corrected chi connectivity index (χ4v) is 2.09. The van der Waals surface area contributed by atoms with Crippen LogP contribution in [0, 0.1) is 0 Å². The Labute approximate surface area is 134 Å². The van der Waals surface area contributed by atoms with E-state index in [0.29, 0.717) is 26.0 Å². The van der Waals surface area contributed by atoms with Crippen LogP contribution < -0.4 is 11.4 Å². The molecule has 0 atom stereocenters. The second-order valence-electron chi connectivity index (χ2n) is 5.47. The molecule has 0 heterocycles. The summed E-state index contributed by atoms with van der Waals surface area (Å²) in [6.07, 6.45) is 13.8. The van der Waals surface area contributed by atoms with Crippen LogP contribution in [0.1, 0.15) is 77.6 Å². The normalized spacial score (nSPS) is 11.2. The standard InChI is InChI=1S/C16H33N3O3/c1-2-3-4-5-6-7-8-9-10-11-16(20)12-13-18-22-19-14-15-21-17/h13,19H,2-12,14-15,17H2,1H3. The molecule has 0 fully saturated rings. The summed E-state index contributed by atoms with van der Waals surface area (Å²) in [5.74, 6) is 5.04. The molecule has 0 aromatic heterocycles. The second-order valence-corrected chi connectivity index (χ2v) is 5.47. The van der Waals surface area contributed by atoms with E-state index in [0.717, 1.165) is 12.8 Å². The minimum absolute atomic E-state index is 0.209. The smallest absolute Gasteiger partial charge is 0.138 e. The number of oxime groups is 1. The number of Topliss-reactive ketones (excluding diaryl/α,β-unsaturated/α-hetero) is 1. The van der Waals surface area contributed by atoms with Crippen molar-refractivity contribution in [1.82, 2.24) is 5.48 Å². The van der Waals surface area contributed by atoms with Gasteiger partial charge in [-0.2, -0.15) is 0 Å². The SMILES string of the molecule is CCCCCCCCCCCC(=O)CC=NONCCON. The maximum atomic E-state index is 11.6. The van der Waals surface area contributed by atoms with Crippen molar-refractivity contribution in [3.8, 4) is 0 Å². The highest BCUT2D eigenvalue weighted by Gasteiger charge is 2.00. The van der Waals surface area contributed by atoms with Crippen LogP contribution in [-0.4, -0.2) is 25.1 Å². The molecule has 22 heavy (non-hydrogen) atoms. The average molecular weight is 315 g/mol. The molecule has 0 radical (unpaired) electrons. The Morgan fingerprint density at radius 3 is 2.36 bits per heavy atom. The van der Waals surface area contributed by atoms with Gasteiger partial charge in [0.25, 0.3) is 0 Å². The minimum Gasteiger partial charge on any atom is -0.303 e. The first-order chi connectivity index (χ1) is 10.8. The van der Waals surface area contributed by atoms with Crippen molar-refractivity contribution in [2.45, 2.75) is 77.6 Å². The number of nitrogens with zero attached hydrogens (tertiary/aromatic N) is 1. The monoisotopic (exact) mass is 315 g/mol. The lowest BCUT2D eigenvalue weighted by atomic mass is 10.1. The number of hydrogen-bond acceptors (Lipinski definition) is 6. The summed E-state index contributed by atoms with van der Waals surface area (Å²) in [6.45, 7) is 3.02. The first-order valence-electron chi connectivity index (χ1n) is 8.55. The van der Waals surface area contributed by atoms with Gasteiger partial charge in [-0.1, -0.05) is 63.4 Å². The predicted octanol–water partition coefficient (Wildman–Crippen LogP) is 3.26. The number of rotatable bonds is 17. The zero-order valence-electron chi connectivity index (χ0n) is 14.0. The minimum atomic E-state index is 0.209. The van der Waals surface area contributed by atoms with E-state index in [2.05, 4.69) is 22.4 Å². The highest BCUT2D eigenvalue weighted by molar-refractivity contribution is 5.91. The molecular weight excluding hydrogens is 282 g/mol. The molecule has 6 nitrogen and oxygen atoms in total. The highest BCUT2D eigenvalue weighted by atomic mass is 16.8. The van der Waals surface area contributed by atoms with Crippen molar-refractivity contribution in [3.63, 3.8) is 0 Å². The summed E-state index contributed by atoms with van der Waals surface area (Å²) in [5, 5.41) is 3.62. The van der Waals surface area contributed by atoms with E-state index in [-0.39, 0.29) is 5.78 Å². The Balaban J connectivity index is 3.23. The van der Waals surface area contributed by atoms with Crippen LogP contribution >= 0.6 is 0 Å². The Morgan fingerprint density at radius 2 is 1.73 bits per heavy atom. The van der Waals surface area contributed by atoms with Gasteiger partial charge in [0.2, 0.25) is 0 Å². The Bertz CT molecular complexity index is 273. The van der Waals surface area contributed by atoms with E-state index in [1.54, 1.807) is 0 Å². The summed E-state index contributed by atoms with van der Waals surface area (Å²) in [5.41, 5.74) is 2.53. The number of hydroxylamine groups is 1. The molecule has 3 N–H and O–H groups in total. The summed E-state index contributed by atoms with van der Waals surface area (Å²) in [7, 11) is 0. The Kier molecular flexibility index (Phi) is 17.3. The van der Waals surface area contributed by atoms with Gasteiger partial charge in [0, 0.05) is 12.8 Å². The van der Waals surface area contributed by atoms with E-state index >= 15 is 0 Å². The molecule has 0 aromatic carbocycles. The summed E-state index contributed by atoms with van der Waals surface area (Å²) >= 11 is 0. The molecule has 0 aliphatic rings. The Hall–Kier alpha value is -0.980. The van der Waals surface area contributed by atoms with E-state index in [1.807, 2.05) is 0 Å². The van der Waals surface area contributed by atoms with Crippen LogP contribution in [-0.2, 0) is 14.6 Å². The maximum absolute atomic E-state index is 11.6. The number of carbonyl (C=O) groups excluding carboxylic acids is 1. The third-order valence-corrected chi connectivity index (χ3v) is 3.39. The van der Waals surface area contributed by atoms with Crippen molar-refractivity contribution in [1.29, 1.82) is 0 Å². The van der Waals surface area contributed by atoms with Gasteiger partial charge in [0.15, 0.2) is 0 Å². The van der Waals surface area contributed by atoms with Crippen molar-refractivity contribution in [3.05, 3.63) is 0 Å². The third-order valence-electron chi connectivity index (χ3n) is 3.39. The topological polar surface area (TPSA) is 85.9 Å². The van der Waals surface area contributed by atoms with Crippen molar-refractivity contribution >= 4 is 12.0 Å². The zero-order valence-corrected chi connectivity index (χ0v) is 14.0. The van der Waals surface area contributed by atoms with Crippen molar-refractivity contribution < 1.29 is 14.6 Å². The number of unbranched alkanes of at least 4 members (excludes halogenated alkanes) is 8. The summed E-state index contributed by atoms with van der Waals surface area (Å²) < 4.78 is 0. The molecular formula is C16H33N3O3. The zero-order chi connectivity index (χ0) is 16.3. The predicted molar refractivity (Wildman–Crippen MR) is 89.2 cm³/mol. The van der Waals surface area contributed by atoms with E-state index in [1.165, 1.54) is 51.2 Å². The fourth-order valence-electron chi connectivity index (χ4n) is 2.09. The number of nitrogens with one attached hydrogen (secondary N) is 1. The quantitative estimate of drug-likeness (QED) is 0.244. The molecule has 0 unspecified atom stereocenters. The average Bonchev–Trinajstić information content (AvgIpc) is 2.52. The van der Waals surface area contributed by atoms with E-state index in [4.69, 9.17) is 10.8 Å². The molecule has 0 rings (SSSR count). The van der Waals surface area contributed by atoms with Gasteiger partial charge in [-0.3, -0.25) is 4.79 Å². The van der Waals surface area contributed by atoms with Gasteiger partial charge in [-0.15, -0.1) is 5.48 Å². The largest absolute Gasteiger partial charge is 0.303 e. The molecule has 0 saturated carbocycles. The molecule has 0 saturated heterocycles. The van der Waals surface area contributed by atoms with Gasteiger partial charge >= 0.3 is 0 Å². The molecule has 0 spiro atoms. The van der Waals surface area contributed by atoms with E-state index < -0.39 is 0 Å². The van der Waals surface area contributed by atoms with Crippen molar-refractivity contribution in [2.24, 2.45) is 11.1 Å². The fraction of sp³-hybridized carbons (Fsp3) is 0.875. The van der Waals surface area contributed by atoms with Gasteiger partial charge in [0.05, 0.1) is 19.4 Å². The lowest BCUT2D eigenvalue weighted by Gasteiger charge is -2.01. The Morgan fingerprint density at radius 1 is 1.09 bits per heavy atom. The van der Waals surface area contributed by atoms with Crippen LogP contribution in [0.5, 0.6) is 0 Å². The van der Waals surface area contributed by atoms with Crippen LogP contribution in [0.4, 0.5) is 0 Å². The lowest BCUT2D eigenvalue weighted by molar-refractivity contribution is -0.118. The van der Waals surface area contributed by atoms with E-state index in [9.17, 15) is 4.79 Å². The third kappa shape index (κ3) is 17.1. The number of hydrogen-bond donors (Lipinski definition) is 2. The second kappa shape index (κ2) is 18.1. The molecule has 6 heteroatoms. The lowest BCUT2D eigenvalue weighted by Crippen LogP contribution is -2.19. The molecule has 0 bridgehead atoms. The number of ketones is 1. The maximum Gasteiger partial charge on any atom is 0.138 e. The molecule has 0 aliphatic carbocycles. The van der Waals surface area contributed by atoms with Crippen LogP contribution in [0.3, 0.4) is 0 Å². The number of carbonyl (C=O) groups is 1. The molecule has 0 aliphatic heterocycles. The van der Waals surface area contributed by atoms with Gasteiger partial charge < -0.3 is 9.78 Å². The molecule has 130 valence electrons. The molecule has 0 amide bonds. The summed E-state index contributed by atoms with van der Waals surface area (Å²) in [6, 6.07) is 0. The molecule has 0 aromatic rings. The van der Waals surface area contributed by atoms with Crippen LogP contribution in [0.2, 0.25) is 0 Å². The first kappa shape index (κ1) is 21.0. The van der Waals surface area contributed by atoms with Crippen LogP contribution in [0.15, 0.2) is 5.16 Å². The summed E-state index contributed by atoms with van der Waals surface area (Å²) in [4.78, 5) is 20.6. The van der Waals surface area contributed by atoms with Gasteiger partial charge in [0.1, 0.15) is 5.78 Å². The number of nitrogens with two attached hydrogens (primary N) is 1. The first-order valence-corrected chi connectivity index (χ1v) is 8.55.